The van der Waals surface area contributed by atoms with Crippen molar-refractivity contribution in [1.29, 1.82) is 0 Å². The highest BCUT2D eigenvalue weighted by molar-refractivity contribution is 5.76. The zero-order valence-electron chi connectivity index (χ0n) is 14.3. The first-order chi connectivity index (χ1) is 10.6. The zero-order chi connectivity index (χ0) is 15.7. The zero-order valence-corrected chi connectivity index (χ0v) is 14.3. The van der Waals surface area contributed by atoms with Gasteiger partial charge in [0.15, 0.2) is 0 Å². The van der Waals surface area contributed by atoms with Gasteiger partial charge >= 0.3 is 0 Å². The van der Waals surface area contributed by atoms with E-state index < -0.39 is 0 Å². The fourth-order valence-electron chi connectivity index (χ4n) is 4.08. The Kier molecular flexibility index (Phi) is 4.24. The van der Waals surface area contributed by atoms with Crippen molar-refractivity contribution in [2.45, 2.75) is 31.2 Å². The van der Waals surface area contributed by atoms with Gasteiger partial charge in [-0.2, -0.15) is 0 Å². The highest BCUT2D eigenvalue weighted by Gasteiger charge is 2.42. The minimum absolute atomic E-state index is 0.0675. The molecule has 22 heavy (non-hydrogen) atoms. The van der Waals surface area contributed by atoms with Crippen LogP contribution in [0.5, 0.6) is 0 Å². The van der Waals surface area contributed by atoms with Gasteiger partial charge in [0.25, 0.3) is 0 Å². The highest BCUT2D eigenvalue weighted by atomic mass is 15.2. The molecule has 1 aliphatic carbocycles. The Morgan fingerprint density at radius 2 is 1.95 bits per heavy atom. The van der Waals surface area contributed by atoms with E-state index in [9.17, 15) is 0 Å². The lowest BCUT2D eigenvalue weighted by molar-refractivity contribution is 0.0667. The molecule has 0 atom stereocenters. The highest BCUT2D eigenvalue weighted by Crippen LogP contribution is 2.43. The number of fused-ring (bicyclic) bond motifs is 1. The van der Waals surface area contributed by atoms with Crippen molar-refractivity contribution in [3.8, 4) is 0 Å². The molecule has 3 rings (SSSR count). The van der Waals surface area contributed by atoms with E-state index in [0.717, 1.165) is 18.0 Å². The van der Waals surface area contributed by atoms with Gasteiger partial charge in [0.05, 0.1) is 16.6 Å². The molecule has 0 amide bonds. The Morgan fingerprint density at radius 1 is 1.27 bits per heavy atom. The van der Waals surface area contributed by atoms with E-state index in [1.807, 2.05) is 0 Å². The average molecular weight is 300 g/mol. The molecular formula is C18H28N4. The Balaban J connectivity index is 1.99. The lowest BCUT2D eigenvalue weighted by Crippen LogP contribution is -2.47. The molecule has 1 aliphatic rings. The number of rotatable bonds is 4. The van der Waals surface area contributed by atoms with Crippen LogP contribution < -0.4 is 5.32 Å². The molecule has 1 aromatic heterocycles. The summed E-state index contributed by atoms with van der Waals surface area (Å²) in [5, 5.41) is 3.33. The van der Waals surface area contributed by atoms with Gasteiger partial charge in [0, 0.05) is 7.05 Å². The van der Waals surface area contributed by atoms with Crippen LogP contribution in [0.25, 0.3) is 11.0 Å². The number of aryl methyl sites for hydroxylation is 1. The predicted molar refractivity (Wildman–Crippen MR) is 92.0 cm³/mol. The van der Waals surface area contributed by atoms with Gasteiger partial charge in [-0.05, 0) is 71.4 Å². The first-order valence-electron chi connectivity index (χ1n) is 8.32. The monoisotopic (exact) mass is 300 g/mol. The van der Waals surface area contributed by atoms with Crippen LogP contribution in [0.1, 0.15) is 31.5 Å². The van der Waals surface area contributed by atoms with Crippen molar-refractivity contribution < 1.29 is 0 Å². The van der Waals surface area contributed by atoms with Crippen molar-refractivity contribution in [2.24, 2.45) is 13.0 Å². The number of benzene rings is 1. The molecule has 0 unspecified atom stereocenters. The summed E-state index contributed by atoms with van der Waals surface area (Å²) in [6.45, 7) is 1.13. The fourth-order valence-corrected chi connectivity index (χ4v) is 4.08. The third kappa shape index (κ3) is 2.44. The number of imidazole rings is 1. The van der Waals surface area contributed by atoms with E-state index in [0.29, 0.717) is 0 Å². The number of nitrogens with one attached hydrogen (secondary N) is 1. The number of para-hydroxylation sites is 2. The maximum atomic E-state index is 5.01. The second kappa shape index (κ2) is 6.01. The molecule has 1 heterocycles. The van der Waals surface area contributed by atoms with E-state index in [1.165, 1.54) is 37.0 Å². The first kappa shape index (κ1) is 15.5. The van der Waals surface area contributed by atoms with Crippen molar-refractivity contribution in [1.82, 2.24) is 19.8 Å². The molecule has 4 heteroatoms. The average Bonchev–Trinajstić information content (AvgIpc) is 2.86. The van der Waals surface area contributed by atoms with Crippen LogP contribution >= 0.6 is 0 Å². The van der Waals surface area contributed by atoms with Gasteiger partial charge in [-0.1, -0.05) is 12.1 Å². The van der Waals surface area contributed by atoms with Gasteiger partial charge < -0.3 is 9.88 Å². The van der Waals surface area contributed by atoms with Crippen LogP contribution in [0.15, 0.2) is 24.3 Å². The number of hydrogen-bond acceptors (Lipinski definition) is 3. The van der Waals surface area contributed by atoms with Crippen LogP contribution in [0.2, 0.25) is 0 Å². The molecule has 0 aliphatic heterocycles. The van der Waals surface area contributed by atoms with Gasteiger partial charge in [0.1, 0.15) is 5.82 Å². The lowest BCUT2D eigenvalue weighted by Gasteiger charge is -2.44. The van der Waals surface area contributed by atoms with E-state index in [4.69, 9.17) is 4.98 Å². The van der Waals surface area contributed by atoms with Gasteiger partial charge in [0.2, 0.25) is 0 Å². The summed E-state index contributed by atoms with van der Waals surface area (Å²) in [6.07, 6.45) is 4.90. The third-order valence-electron chi connectivity index (χ3n) is 5.48. The number of aromatic nitrogens is 2. The minimum Gasteiger partial charge on any atom is -0.330 e. The van der Waals surface area contributed by atoms with E-state index in [1.54, 1.807) is 0 Å². The topological polar surface area (TPSA) is 33.1 Å². The van der Waals surface area contributed by atoms with Crippen molar-refractivity contribution >= 4 is 11.0 Å². The summed E-state index contributed by atoms with van der Waals surface area (Å²) >= 11 is 0. The number of hydrogen-bond donors (Lipinski definition) is 1. The molecule has 1 fully saturated rings. The standard InChI is InChI=1S/C18H28N4/c1-19-13-14-9-11-18(12-10-14,21(2)3)17-20-15-7-5-6-8-16(15)22(17)4/h5-8,14,19H,9-13H2,1-4H3. The molecule has 1 N–H and O–H groups in total. The largest absolute Gasteiger partial charge is 0.330 e. The van der Waals surface area contributed by atoms with E-state index >= 15 is 0 Å². The van der Waals surface area contributed by atoms with E-state index in [-0.39, 0.29) is 5.54 Å². The Morgan fingerprint density at radius 3 is 2.55 bits per heavy atom. The second-order valence-corrected chi connectivity index (χ2v) is 6.91. The van der Waals surface area contributed by atoms with Gasteiger partial charge in [-0.25, -0.2) is 4.98 Å². The molecule has 4 nitrogen and oxygen atoms in total. The molecule has 0 radical (unpaired) electrons. The third-order valence-corrected chi connectivity index (χ3v) is 5.48. The second-order valence-electron chi connectivity index (χ2n) is 6.91. The normalized spacial score (nSPS) is 26.0. The maximum absolute atomic E-state index is 5.01. The first-order valence-corrected chi connectivity index (χ1v) is 8.32. The van der Waals surface area contributed by atoms with Gasteiger partial charge in [-0.3, -0.25) is 4.90 Å². The molecular weight excluding hydrogens is 272 g/mol. The minimum atomic E-state index is 0.0675. The SMILES string of the molecule is CNCC1CCC(c2nc3ccccc3n2C)(N(C)C)CC1. The summed E-state index contributed by atoms with van der Waals surface area (Å²) in [6, 6.07) is 8.46. The smallest absolute Gasteiger partial charge is 0.130 e. The summed E-state index contributed by atoms with van der Waals surface area (Å²) in [5.41, 5.74) is 2.41. The van der Waals surface area contributed by atoms with Crippen LogP contribution in [-0.2, 0) is 12.6 Å². The van der Waals surface area contributed by atoms with Crippen molar-refractivity contribution in [3.05, 3.63) is 30.1 Å². The van der Waals surface area contributed by atoms with E-state index in [2.05, 4.69) is 67.2 Å². The Labute approximate surface area is 133 Å². The summed E-state index contributed by atoms with van der Waals surface area (Å²) in [4.78, 5) is 7.40. The fraction of sp³-hybridized carbons (Fsp3) is 0.611. The Hall–Kier alpha value is -1.39. The quantitative estimate of drug-likeness (QED) is 0.942. The molecule has 0 saturated heterocycles. The molecule has 0 spiro atoms. The van der Waals surface area contributed by atoms with Crippen LogP contribution in [0, 0.1) is 5.92 Å². The lowest BCUT2D eigenvalue weighted by atomic mass is 9.75. The van der Waals surface area contributed by atoms with Crippen molar-refractivity contribution in [2.75, 3.05) is 27.7 Å². The molecule has 1 saturated carbocycles. The van der Waals surface area contributed by atoms with Gasteiger partial charge in [-0.15, -0.1) is 0 Å². The van der Waals surface area contributed by atoms with Crippen LogP contribution in [0.4, 0.5) is 0 Å². The number of nitrogens with zero attached hydrogens (tertiary/aromatic N) is 3. The predicted octanol–water partition coefficient (Wildman–Crippen LogP) is 2.74. The molecule has 120 valence electrons. The maximum Gasteiger partial charge on any atom is 0.130 e. The Bertz CT molecular complexity index is 636. The van der Waals surface area contributed by atoms with Crippen LogP contribution in [-0.4, -0.2) is 42.1 Å². The summed E-state index contributed by atoms with van der Waals surface area (Å²) < 4.78 is 2.30. The molecule has 0 bridgehead atoms. The van der Waals surface area contributed by atoms with Crippen molar-refractivity contribution in [3.63, 3.8) is 0 Å². The van der Waals surface area contributed by atoms with Crippen LogP contribution in [0.3, 0.4) is 0 Å². The molecule has 1 aromatic carbocycles. The molecule has 2 aromatic rings. The summed E-state index contributed by atoms with van der Waals surface area (Å²) in [5.74, 6) is 2.02. The summed E-state index contributed by atoms with van der Waals surface area (Å²) in [7, 11) is 8.63.